The molecule has 1 saturated heterocycles. The molecule has 1 N–H and O–H groups in total. The summed E-state index contributed by atoms with van der Waals surface area (Å²) in [5, 5.41) is 9.65. The molecule has 0 spiro atoms. The van der Waals surface area contributed by atoms with Gasteiger partial charge in [0.25, 0.3) is 0 Å². The zero-order valence-electron chi connectivity index (χ0n) is 7.33. The molecule has 66 valence electrons. The molecule has 0 aromatic carbocycles. The van der Waals surface area contributed by atoms with Crippen LogP contribution < -0.4 is 0 Å². The van der Waals surface area contributed by atoms with E-state index in [0.717, 1.165) is 6.42 Å². The molecule has 1 rings (SSSR count). The van der Waals surface area contributed by atoms with Gasteiger partial charge in [0, 0.05) is 20.1 Å². The van der Waals surface area contributed by atoms with E-state index in [4.69, 9.17) is 9.47 Å². The first-order valence-electron chi connectivity index (χ1n) is 3.95. The maximum absolute atomic E-state index is 9.65. The number of methoxy groups -OCH3 is 1. The largest absolute Gasteiger partial charge is 0.387 e. The monoisotopic (exact) mass is 160 g/mol. The molecule has 2 unspecified atom stereocenters. The molecule has 0 aromatic rings. The van der Waals surface area contributed by atoms with E-state index >= 15 is 0 Å². The fourth-order valence-electron chi connectivity index (χ4n) is 1.41. The first kappa shape index (κ1) is 8.97. The highest BCUT2D eigenvalue weighted by Crippen LogP contribution is 2.27. The number of rotatable bonds is 1. The molecule has 1 heterocycles. The van der Waals surface area contributed by atoms with Crippen molar-refractivity contribution in [3.63, 3.8) is 0 Å². The van der Waals surface area contributed by atoms with E-state index in [1.807, 2.05) is 13.8 Å². The van der Waals surface area contributed by atoms with Gasteiger partial charge in [-0.1, -0.05) is 0 Å². The molecule has 1 fully saturated rings. The molecule has 3 atom stereocenters. The lowest BCUT2D eigenvalue weighted by Crippen LogP contribution is -2.52. The molecule has 3 nitrogen and oxygen atoms in total. The summed E-state index contributed by atoms with van der Waals surface area (Å²) in [5.41, 5.74) is -0.419. The van der Waals surface area contributed by atoms with Gasteiger partial charge in [0.1, 0.15) is 6.10 Å². The summed E-state index contributed by atoms with van der Waals surface area (Å²) < 4.78 is 10.5. The summed E-state index contributed by atoms with van der Waals surface area (Å²) in [6, 6.07) is 0. The smallest absolute Gasteiger partial charge is 0.109 e. The molecule has 1 aliphatic rings. The number of aliphatic hydroxyl groups excluding tert-OH is 1. The van der Waals surface area contributed by atoms with Crippen molar-refractivity contribution < 1.29 is 14.6 Å². The van der Waals surface area contributed by atoms with Crippen LogP contribution in [0.15, 0.2) is 0 Å². The van der Waals surface area contributed by atoms with Crippen LogP contribution in [0.3, 0.4) is 0 Å². The highest BCUT2D eigenvalue weighted by molar-refractivity contribution is 4.90. The Balaban J connectivity index is 2.64. The van der Waals surface area contributed by atoms with Gasteiger partial charge in [0.15, 0.2) is 0 Å². The molecule has 0 bridgehead atoms. The Bertz CT molecular complexity index is 137. The molecular weight excluding hydrogens is 144 g/mol. The van der Waals surface area contributed by atoms with Crippen LogP contribution in [-0.4, -0.2) is 36.6 Å². The molecular formula is C8H16O3. The number of hydrogen-bond acceptors (Lipinski definition) is 3. The molecule has 1 aliphatic heterocycles. The Labute approximate surface area is 67.3 Å². The van der Waals surface area contributed by atoms with Crippen LogP contribution in [-0.2, 0) is 9.47 Å². The van der Waals surface area contributed by atoms with Crippen molar-refractivity contribution in [1.82, 2.24) is 0 Å². The van der Waals surface area contributed by atoms with Crippen LogP contribution in [0.2, 0.25) is 0 Å². The van der Waals surface area contributed by atoms with Gasteiger partial charge in [0.05, 0.1) is 11.7 Å². The average Bonchev–Trinajstić information content (AvgIpc) is 2.00. The summed E-state index contributed by atoms with van der Waals surface area (Å²) >= 11 is 0. The Morgan fingerprint density at radius 1 is 1.64 bits per heavy atom. The molecule has 0 amide bonds. The zero-order chi connectivity index (χ0) is 8.48. The summed E-state index contributed by atoms with van der Waals surface area (Å²) in [7, 11) is 1.63. The lowest BCUT2D eigenvalue weighted by atomic mass is 9.89. The van der Waals surface area contributed by atoms with E-state index in [1.165, 1.54) is 0 Å². The highest BCUT2D eigenvalue weighted by Gasteiger charge is 2.40. The van der Waals surface area contributed by atoms with Crippen molar-refractivity contribution >= 4 is 0 Å². The molecule has 11 heavy (non-hydrogen) atoms. The predicted octanol–water partition coefficient (Wildman–Crippen LogP) is 0.561. The Morgan fingerprint density at radius 2 is 2.27 bits per heavy atom. The molecule has 0 aliphatic carbocycles. The van der Waals surface area contributed by atoms with Crippen molar-refractivity contribution in [3.8, 4) is 0 Å². The fraction of sp³-hybridized carbons (Fsp3) is 1.00. The normalized spacial score (nSPS) is 45.8. The third kappa shape index (κ3) is 1.55. The topological polar surface area (TPSA) is 38.7 Å². The number of hydrogen-bond donors (Lipinski definition) is 1. The highest BCUT2D eigenvalue weighted by atomic mass is 16.5. The average molecular weight is 160 g/mol. The second-order valence-electron chi connectivity index (χ2n) is 3.29. The Morgan fingerprint density at radius 3 is 2.73 bits per heavy atom. The lowest BCUT2D eigenvalue weighted by molar-refractivity contribution is -0.188. The second kappa shape index (κ2) is 3.09. The third-order valence-corrected chi connectivity index (χ3v) is 2.52. The standard InChI is InChI=1S/C8H16O3/c1-6-7(9)8(2,10-3)4-5-11-6/h6-7,9H,4-5H2,1-3H3/t6?,7-,8?/m1/s1. The van der Waals surface area contributed by atoms with Gasteiger partial charge in [-0.05, 0) is 13.8 Å². The van der Waals surface area contributed by atoms with E-state index in [9.17, 15) is 5.11 Å². The minimum absolute atomic E-state index is 0.117. The van der Waals surface area contributed by atoms with Crippen LogP contribution in [0.1, 0.15) is 20.3 Å². The Hall–Kier alpha value is -0.120. The maximum atomic E-state index is 9.65. The summed E-state index contributed by atoms with van der Waals surface area (Å²) in [6.07, 6.45) is 0.129. The summed E-state index contributed by atoms with van der Waals surface area (Å²) in [5.74, 6) is 0. The van der Waals surface area contributed by atoms with Gasteiger partial charge in [-0.25, -0.2) is 0 Å². The first-order chi connectivity index (χ1) is 5.10. The van der Waals surface area contributed by atoms with E-state index in [0.29, 0.717) is 6.61 Å². The third-order valence-electron chi connectivity index (χ3n) is 2.52. The predicted molar refractivity (Wildman–Crippen MR) is 41.5 cm³/mol. The molecule has 0 aromatic heterocycles. The number of aliphatic hydroxyl groups is 1. The SMILES string of the molecule is COC1(C)CCOC(C)[C@H]1O. The minimum Gasteiger partial charge on any atom is -0.387 e. The zero-order valence-corrected chi connectivity index (χ0v) is 7.33. The van der Waals surface area contributed by atoms with Gasteiger partial charge < -0.3 is 14.6 Å². The van der Waals surface area contributed by atoms with E-state index in [-0.39, 0.29) is 6.10 Å². The van der Waals surface area contributed by atoms with Crippen LogP contribution in [0.4, 0.5) is 0 Å². The maximum Gasteiger partial charge on any atom is 0.109 e. The molecule has 0 radical (unpaired) electrons. The van der Waals surface area contributed by atoms with Crippen molar-refractivity contribution in [2.45, 2.75) is 38.1 Å². The Kier molecular flexibility index (Phi) is 2.52. The lowest BCUT2D eigenvalue weighted by Gasteiger charge is -2.40. The first-order valence-corrected chi connectivity index (χ1v) is 3.95. The number of ether oxygens (including phenoxy) is 2. The van der Waals surface area contributed by atoms with Gasteiger partial charge in [-0.3, -0.25) is 0 Å². The van der Waals surface area contributed by atoms with Gasteiger partial charge in [-0.15, -0.1) is 0 Å². The molecule has 3 heteroatoms. The minimum atomic E-state index is -0.513. The van der Waals surface area contributed by atoms with Crippen LogP contribution >= 0.6 is 0 Å². The van der Waals surface area contributed by atoms with Crippen molar-refractivity contribution in [2.75, 3.05) is 13.7 Å². The molecule has 0 saturated carbocycles. The van der Waals surface area contributed by atoms with Crippen LogP contribution in [0.5, 0.6) is 0 Å². The quantitative estimate of drug-likeness (QED) is 0.609. The van der Waals surface area contributed by atoms with Gasteiger partial charge in [0.2, 0.25) is 0 Å². The van der Waals surface area contributed by atoms with Crippen molar-refractivity contribution in [2.24, 2.45) is 0 Å². The van der Waals surface area contributed by atoms with E-state index < -0.39 is 11.7 Å². The van der Waals surface area contributed by atoms with E-state index in [2.05, 4.69) is 0 Å². The van der Waals surface area contributed by atoms with E-state index in [1.54, 1.807) is 7.11 Å². The van der Waals surface area contributed by atoms with Crippen LogP contribution in [0, 0.1) is 0 Å². The van der Waals surface area contributed by atoms with Crippen molar-refractivity contribution in [1.29, 1.82) is 0 Å². The van der Waals surface area contributed by atoms with Crippen molar-refractivity contribution in [3.05, 3.63) is 0 Å². The summed E-state index contributed by atoms with van der Waals surface area (Å²) in [4.78, 5) is 0. The van der Waals surface area contributed by atoms with Gasteiger partial charge in [-0.2, -0.15) is 0 Å². The second-order valence-corrected chi connectivity index (χ2v) is 3.29. The fourth-order valence-corrected chi connectivity index (χ4v) is 1.41. The van der Waals surface area contributed by atoms with Gasteiger partial charge >= 0.3 is 0 Å². The summed E-state index contributed by atoms with van der Waals surface area (Å²) in [6.45, 7) is 4.44. The van der Waals surface area contributed by atoms with Crippen LogP contribution in [0.25, 0.3) is 0 Å².